The van der Waals surface area contributed by atoms with Gasteiger partial charge in [0.05, 0.1) is 17.6 Å². The first kappa shape index (κ1) is 35.6. The van der Waals surface area contributed by atoms with Crippen LogP contribution in [0.5, 0.6) is 5.75 Å². The third-order valence-electron chi connectivity index (χ3n) is 9.80. The Balaban J connectivity index is 1.25. The highest BCUT2D eigenvalue weighted by Gasteiger charge is 2.41. The standard InChI is InChI=1S/C38H50N6O5/c1-24(40-36(48)32(21-34(39)47)44(23-45)35-18-16-26-9-7-8-12-29(26)41-35)13-14-25-15-17-30(33(46)19-25)43-22-28-11-6-5-10-27(28)20-31(43)37(49)42-38(2,3)4/h7-9,12,15-19,23-24,27-28,31-32,46H,5-6,10-11,13-14,20-22H2,1-4H3,(H2,39,47)(H,40,48)(H,42,49)/t24-,27?,28?,31-,32-/m0/s1. The van der Waals surface area contributed by atoms with Crippen molar-refractivity contribution in [3.8, 4) is 5.75 Å². The molecule has 3 aromatic rings. The van der Waals surface area contributed by atoms with Crippen LogP contribution in [0, 0.1) is 11.8 Å². The topological polar surface area (TPSA) is 158 Å². The van der Waals surface area contributed by atoms with Gasteiger partial charge in [-0.05, 0) is 101 Å². The van der Waals surface area contributed by atoms with Crippen LogP contribution in [0.15, 0.2) is 54.6 Å². The second kappa shape index (κ2) is 15.3. The molecule has 1 saturated heterocycles. The first-order valence-electron chi connectivity index (χ1n) is 17.4. The Labute approximate surface area is 288 Å². The number of hydrogen-bond acceptors (Lipinski definition) is 7. The number of carbonyl (C=O) groups excluding carboxylic acids is 4. The number of anilines is 2. The smallest absolute Gasteiger partial charge is 0.243 e. The maximum Gasteiger partial charge on any atom is 0.243 e. The number of phenols is 1. The van der Waals surface area contributed by atoms with Crippen molar-refractivity contribution in [3.05, 3.63) is 60.2 Å². The average molecular weight is 671 g/mol. The number of hydrogen-bond donors (Lipinski definition) is 4. The number of piperidine rings is 1. The Bertz CT molecular complexity index is 1670. The molecule has 49 heavy (non-hydrogen) atoms. The van der Waals surface area contributed by atoms with Gasteiger partial charge in [0.2, 0.25) is 24.1 Å². The molecule has 1 aliphatic heterocycles. The number of pyridine rings is 1. The summed E-state index contributed by atoms with van der Waals surface area (Å²) in [6.07, 6.45) is 6.68. The first-order chi connectivity index (χ1) is 23.3. The number of carbonyl (C=O) groups is 4. The van der Waals surface area contributed by atoms with Gasteiger partial charge in [-0.3, -0.25) is 24.1 Å². The van der Waals surface area contributed by atoms with Crippen LogP contribution in [0.2, 0.25) is 0 Å². The second-order valence-electron chi connectivity index (χ2n) is 14.8. The molecule has 1 aromatic heterocycles. The third-order valence-corrected chi connectivity index (χ3v) is 9.80. The first-order valence-corrected chi connectivity index (χ1v) is 17.4. The van der Waals surface area contributed by atoms with E-state index in [0.717, 1.165) is 41.7 Å². The quantitative estimate of drug-likeness (QED) is 0.205. The van der Waals surface area contributed by atoms with Crippen LogP contribution < -0.4 is 26.2 Å². The zero-order valence-electron chi connectivity index (χ0n) is 29.0. The van der Waals surface area contributed by atoms with Crippen molar-refractivity contribution in [1.82, 2.24) is 15.6 Å². The van der Waals surface area contributed by atoms with Gasteiger partial charge in [0.25, 0.3) is 0 Å². The van der Waals surface area contributed by atoms with E-state index >= 15 is 0 Å². The number of aryl methyl sites for hydroxylation is 1. The van der Waals surface area contributed by atoms with Crippen molar-refractivity contribution in [2.24, 2.45) is 17.6 Å². The lowest BCUT2D eigenvalue weighted by molar-refractivity contribution is -0.127. The molecule has 2 aromatic carbocycles. The van der Waals surface area contributed by atoms with E-state index in [1.807, 2.05) is 58.0 Å². The fourth-order valence-corrected chi connectivity index (χ4v) is 7.35. The Morgan fingerprint density at radius 1 is 1.08 bits per heavy atom. The lowest BCUT2D eigenvalue weighted by Gasteiger charge is -2.47. The Kier molecular flexibility index (Phi) is 11.1. The van der Waals surface area contributed by atoms with Gasteiger partial charge in [0.15, 0.2) is 0 Å². The Morgan fingerprint density at radius 2 is 1.82 bits per heavy atom. The van der Waals surface area contributed by atoms with Gasteiger partial charge in [0.1, 0.15) is 23.7 Å². The number of benzene rings is 2. The van der Waals surface area contributed by atoms with Crippen LogP contribution in [0.25, 0.3) is 10.9 Å². The molecule has 5 rings (SSSR count). The normalized spacial score (nSPS) is 20.5. The molecule has 4 amide bonds. The van der Waals surface area contributed by atoms with Crippen molar-refractivity contribution >= 4 is 46.5 Å². The van der Waals surface area contributed by atoms with E-state index in [1.54, 1.807) is 24.3 Å². The molecule has 5 N–H and O–H groups in total. The molecule has 0 spiro atoms. The number of amides is 4. The molecule has 0 bridgehead atoms. The minimum absolute atomic E-state index is 0.0104. The largest absolute Gasteiger partial charge is 0.506 e. The number of para-hydroxylation sites is 1. The summed E-state index contributed by atoms with van der Waals surface area (Å²) in [6, 6.07) is 14.6. The molecule has 11 heteroatoms. The zero-order valence-corrected chi connectivity index (χ0v) is 29.0. The maximum atomic E-state index is 13.5. The van der Waals surface area contributed by atoms with E-state index in [1.165, 1.54) is 12.8 Å². The summed E-state index contributed by atoms with van der Waals surface area (Å²) in [4.78, 5) is 58.9. The van der Waals surface area contributed by atoms with E-state index in [4.69, 9.17) is 5.73 Å². The third kappa shape index (κ3) is 8.87. The summed E-state index contributed by atoms with van der Waals surface area (Å²) in [5.74, 6) is 0.139. The predicted octanol–water partition coefficient (Wildman–Crippen LogP) is 4.58. The van der Waals surface area contributed by atoms with Crippen molar-refractivity contribution in [3.63, 3.8) is 0 Å². The highest BCUT2D eigenvalue weighted by Crippen LogP contribution is 2.42. The van der Waals surface area contributed by atoms with Gasteiger partial charge in [-0.15, -0.1) is 0 Å². The molecular formula is C38H50N6O5. The monoisotopic (exact) mass is 670 g/mol. The minimum atomic E-state index is -1.17. The van der Waals surface area contributed by atoms with Crippen LogP contribution >= 0.6 is 0 Å². The van der Waals surface area contributed by atoms with Crippen LogP contribution in [0.4, 0.5) is 11.5 Å². The lowest BCUT2D eigenvalue weighted by atomic mass is 9.72. The van der Waals surface area contributed by atoms with Gasteiger partial charge in [-0.1, -0.05) is 43.5 Å². The van der Waals surface area contributed by atoms with Crippen LogP contribution in [-0.4, -0.2) is 64.4 Å². The molecule has 0 radical (unpaired) electrons. The number of nitrogens with one attached hydrogen (secondary N) is 2. The summed E-state index contributed by atoms with van der Waals surface area (Å²) in [5.41, 5.74) is 7.33. The van der Waals surface area contributed by atoms with E-state index in [-0.39, 0.29) is 41.5 Å². The second-order valence-corrected chi connectivity index (χ2v) is 14.8. The van der Waals surface area contributed by atoms with E-state index in [0.29, 0.717) is 42.3 Å². The van der Waals surface area contributed by atoms with E-state index in [9.17, 15) is 24.3 Å². The van der Waals surface area contributed by atoms with Gasteiger partial charge < -0.3 is 26.4 Å². The number of nitrogens with two attached hydrogens (primary N) is 1. The summed E-state index contributed by atoms with van der Waals surface area (Å²) < 4.78 is 0. The fourth-order valence-electron chi connectivity index (χ4n) is 7.35. The molecule has 2 fully saturated rings. The molecule has 1 aliphatic carbocycles. The number of fused-ring (bicyclic) bond motifs is 2. The molecule has 262 valence electrons. The number of phenolic OH excluding ortho intramolecular Hbond substituents is 1. The fraction of sp³-hybridized carbons (Fsp3) is 0.500. The highest BCUT2D eigenvalue weighted by molar-refractivity contribution is 5.96. The summed E-state index contributed by atoms with van der Waals surface area (Å²) in [5, 5.41) is 18.2. The maximum absolute atomic E-state index is 13.5. The number of aromatic hydroxyl groups is 1. The van der Waals surface area contributed by atoms with Crippen molar-refractivity contribution in [2.75, 3.05) is 16.3 Å². The van der Waals surface area contributed by atoms with Gasteiger partial charge in [0, 0.05) is 23.5 Å². The molecule has 11 nitrogen and oxygen atoms in total. The van der Waals surface area contributed by atoms with Crippen LogP contribution in [0.3, 0.4) is 0 Å². The van der Waals surface area contributed by atoms with E-state index < -0.39 is 17.9 Å². The Hall–Kier alpha value is -4.67. The van der Waals surface area contributed by atoms with Crippen LogP contribution in [0.1, 0.15) is 78.2 Å². The molecule has 2 heterocycles. The number of rotatable bonds is 12. The molecular weight excluding hydrogens is 620 g/mol. The van der Waals surface area contributed by atoms with Crippen LogP contribution in [-0.2, 0) is 25.6 Å². The van der Waals surface area contributed by atoms with Crippen molar-refractivity contribution in [1.29, 1.82) is 0 Å². The minimum Gasteiger partial charge on any atom is -0.506 e. The average Bonchev–Trinajstić information content (AvgIpc) is 3.05. The SMILES string of the molecule is C[C@@H](CCc1ccc(N2CC3CCCCC3C[C@H]2C(=O)NC(C)(C)C)c(O)c1)NC(=O)[C@H](CC(N)=O)N(C=O)c1ccc2ccccc2n1. The van der Waals surface area contributed by atoms with Gasteiger partial charge in [-0.2, -0.15) is 0 Å². The summed E-state index contributed by atoms with van der Waals surface area (Å²) in [6.45, 7) is 8.53. The number of aromatic nitrogens is 1. The molecule has 2 unspecified atom stereocenters. The molecule has 1 saturated carbocycles. The highest BCUT2D eigenvalue weighted by atomic mass is 16.3. The number of nitrogens with zero attached hydrogens (tertiary/aromatic N) is 3. The van der Waals surface area contributed by atoms with Crippen molar-refractivity contribution < 1.29 is 24.3 Å². The zero-order chi connectivity index (χ0) is 35.3. The van der Waals surface area contributed by atoms with Crippen molar-refractivity contribution in [2.45, 2.75) is 103 Å². The Morgan fingerprint density at radius 3 is 2.51 bits per heavy atom. The molecule has 2 aliphatic rings. The number of primary amides is 1. The summed E-state index contributed by atoms with van der Waals surface area (Å²) >= 11 is 0. The van der Waals surface area contributed by atoms with Gasteiger partial charge in [-0.25, -0.2) is 4.98 Å². The van der Waals surface area contributed by atoms with E-state index in [2.05, 4.69) is 20.5 Å². The summed E-state index contributed by atoms with van der Waals surface area (Å²) in [7, 11) is 0. The van der Waals surface area contributed by atoms with Gasteiger partial charge >= 0.3 is 0 Å². The lowest BCUT2D eigenvalue weighted by Crippen LogP contribution is -2.57. The molecule has 5 atom stereocenters. The predicted molar refractivity (Wildman–Crippen MR) is 191 cm³/mol.